The number of halogens is 4. The van der Waals surface area contributed by atoms with Crippen molar-refractivity contribution in [2.45, 2.75) is 56.5 Å². The number of piperidine rings is 1. The predicted octanol–water partition coefficient (Wildman–Crippen LogP) is 4.08. The Hall–Kier alpha value is -3.05. The van der Waals surface area contributed by atoms with Gasteiger partial charge < -0.3 is 20.1 Å². The molecule has 2 fully saturated rings. The summed E-state index contributed by atoms with van der Waals surface area (Å²) < 4.78 is 58.1. The molecule has 3 aromatic rings. The number of imidazole rings is 1. The molecule has 35 heavy (non-hydrogen) atoms. The number of amides is 1. The van der Waals surface area contributed by atoms with Crippen LogP contribution in [-0.4, -0.2) is 44.4 Å². The molecule has 3 N–H and O–H groups in total. The second-order valence-electron chi connectivity index (χ2n) is 9.75. The van der Waals surface area contributed by atoms with E-state index in [1.807, 2.05) is 0 Å². The Morgan fingerprint density at radius 1 is 1.20 bits per heavy atom. The maximum atomic E-state index is 15.6. The summed E-state index contributed by atoms with van der Waals surface area (Å²) in [5.41, 5.74) is -1.95. The fraction of sp³-hybridized carbons (Fsp3) is 0.458. The zero-order valence-electron chi connectivity index (χ0n) is 19.2. The van der Waals surface area contributed by atoms with E-state index in [9.17, 15) is 23.1 Å². The smallest absolute Gasteiger partial charge is 0.274 e. The van der Waals surface area contributed by atoms with Crippen LogP contribution < -0.4 is 10.6 Å². The van der Waals surface area contributed by atoms with E-state index in [1.165, 1.54) is 24.4 Å². The molecule has 0 aromatic carbocycles. The Morgan fingerprint density at radius 2 is 1.89 bits per heavy atom. The number of aromatic nitrogens is 3. The molecule has 1 saturated heterocycles. The highest BCUT2D eigenvalue weighted by molar-refractivity contribution is 6.03. The molecular weight excluding hydrogens is 466 g/mol. The molecule has 7 nitrogen and oxygen atoms in total. The van der Waals surface area contributed by atoms with E-state index in [4.69, 9.17) is 0 Å². The summed E-state index contributed by atoms with van der Waals surface area (Å²) in [6.07, 6.45) is 4.31. The Balaban J connectivity index is 1.52. The van der Waals surface area contributed by atoms with Crippen LogP contribution >= 0.6 is 0 Å². The average molecular weight is 491 g/mol. The number of hydrogen-bond acceptors (Lipinski definition) is 5. The SMILES string of the molecule is CC(C)(O)c1c(NC(=O)c2ccc(F)c(C3CC3(F)F)n2)cn2cc(C3CCNCC3)nc2c1F. The zero-order chi connectivity index (χ0) is 25.1. The molecule has 1 atom stereocenters. The Labute approximate surface area is 198 Å². The highest BCUT2D eigenvalue weighted by Gasteiger charge is 2.59. The second-order valence-corrected chi connectivity index (χ2v) is 9.75. The minimum atomic E-state index is -3.06. The monoisotopic (exact) mass is 491 g/mol. The van der Waals surface area contributed by atoms with Gasteiger partial charge in [-0.3, -0.25) is 4.79 Å². The van der Waals surface area contributed by atoms with E-state index < -0.39 is 47.1 Å². The van der Waals surface area contributed by atoms with Gasteiger partial charge in [0.05, 0.1) is 28.6 Å². The lowest BCUT2D eigenvalue weighted by Gasteiger charge is -2.23. The molecule has 1 aliphatic carbocycles. The molecule has 0 bridgehead atoms. The second kappa shape index (κ2) is 8.27. The van der Waals surface area contributed by atoms with Crippen molar-refractivity contribution in [1.29, 1.82) is 0 Å². The number of aliphatic hydroxyl groups is 1. The molecule has 1 saturated carbocycles. The van der Waals surface area contributed by atoms with Crippen molar-refractivity contribution in [3.05, 3.63) is 58.8 Å². The number of alkyl halides is 2. The molecule has 1 unspecified atom stereocenters. The summed E-state index contributed by atoms with van der Waals surface area (Å²) in [4.78, 5) is 21.2. The van der Waals surface area contributed by atoms with Crippen LogP contribution in [0.15, 0.2) is 24.5 Å². The number of anilines is 1. The summed E-state index contributed by atoms with van der Waals surface area (Å²) in [5.74, 6) is -6.84. The zero-order valence-corrected chi connectivity index (χ0v) is 19.2. The van der Waals surface area contributed by atoms with Crippen LogP contribution in [0.3, 0.4) is 0 Å². The van der Waals surface area contributed by atoms with Crippen LogP contribution in [0.2, 0.25) is 0 Å². The Bertz CT molecular complexity index is 1310. The number of nitrogens with one attached hydrogen (secondary N) is 2. The topological polar surface area (TPSA) is 91.5 Å². The normalized spacial score (nSPS) is 20.3. The van der Waals surface area contributed by atoms with E-state index in [-0.39, 0.29) is 28.5 Å². The lowest BCUT2D eigenvalue weighted by Crippen LogP contribution is -2.26. The highest BCUT2D eigenvalue weighted by Crippen LogP contribution is 2.55. The number of hydrogen-bond donors (Lipinski definition) is 3. The third kappa shape index (κ3) is 4.38. The molecule has 1 amide bonds. The van der Waals surface area contributed by atoms with Gasteiger partial charge in [-0.1, -0.05) is 0 Å². The minimum absolute atomic E-state index is 0.0202. The third-order valence-electron chi connectivity index (χ3n) is 6.58. The fourth-order valence-electron chi connectivity index (χ4n) is 4.64. The molecule has 186 valence electrons. The molecule has 1 aliphatic heterocycles. The number of fused-ring (bicyclic) bond motifs is 1. The molecule has 0 spiro atoms. The van der Waals surface area contributed by atoms with Gasteiger partial charge in [0.1, 0.15) is 11.5 Å². The average Bonchev–Trinajstić information content (AvgIpc) is 3.21. The summed E-state index contributed by atoms with van der Waals surface area (Å²) in [5, 5.41) is 16.5. The number of rotatable bonds is 5. The number of carbonyl (C=O) groups is 1. The van der Waals surface area contributed by atoms with Crippen molar-refractivity contribution < 1.29 is 27.5 Å². The van der Waals surface area contributed by atoms with Crippen LogP contribution in [-0.2, 0) is 5.60 Å². The Morgan fingerprint density at radius 3 is 2.51 bits per heavy atom. The first-order valence-corrected chi connectivity index (χ1v) is 11.5. The molecule has 11 heteroatoms. The predicted molar refractivity (Wildman–Crippen MR) is 120 cm³/mol. The molecule has 4 heterocycles. The lowest BCUT2D eigenvalue weighted by atomic mass is 9.95. The van der Waals surface area contributed by atoms with E-state index in [0.29, 0.717) is 5.69 Å². The number of pyridine rings is 2. The first kappa shape index (κ1) is 23.7. The molecule has 3 aromatic heterocycles. The van der Waals surface area contributed by atoms with Crippen LogP contribution in [0.25, 0.3) is 5.65 Å². The molecule has 0 radical (unpaired) electrons. The van der Waals surface area contributed by atoms with Gasteiger partial charge in [-0.15, -0.1) is 0 Å². The summed E-state index contributed by atoms with van der Waals surface area (Å²) in [6, 6.07) is 1.98. The van der Waals surface area contributed by atoms with Crippen molar-refractivity contribution in [2.75, 3.05) is 18.4 Å². The number of carbonyl (C=O) groups excluding carboxylic acids is 1. The van der Waals surface area contributed by atoms with E-state index in [2.05, 4.69) is 20.6 Å². The third-order valence-corrected chi connectivity index (χ3v) is 6.58. The summed E-state index contributed by atoms with van der Waals surface area (Å²) >= 11 is 0. The van der Waals surface area contributed by atoms with Crippen LogP contribution in [0.1, 0.15) is 72.4 Å². The summed E-state index contributed by atoms with van der Waals surface area (Å²) in [7, 11) is 0. The van der Waals surface area contributed by atoms with E-state index in [0.717, 1.165) is 38.1 Å². The molecule has 5 rings (SSSR count). The summed E-state index contributed by atoms with van der Waals surface area (Å²) in [6.45, 7) is 4.41. The van der Waals surface area contributed by atoms with Crippen LogP contribution in [0.5, 0.6) is 0 Å². The van der Waals surface area contributed by atoms with Crippen molar-refractivity contribution >= 4 is 17.2 Å². The van der Waals surface area contributed by atoms with Crippen molar-refractivity contribution in [3.63, 3.8) is 0 Å². The first-order chi connectivity index (χ1) is 16.5. The number of nitrogens with zero attached hydrogens (tertiary/aromatic N) is 3. The van der Waals surface area contributed by atoms with Gasteiger partial charge in [-0.05, 0) is 51.9 Å². The maximum absolute atomic E-state index is 15.6. The lowest BCUT2D eigenvalue weighted by molar-refractivity contribution is 0.0753. The van der Waals surface area contributed by atoms with Crippen molar-refractivity contribution in [1.82, 2.24) is 19.7 Å². The largest absolute Gasteiger partial charge is 0.386 e. The highest BCUT2D eigenvalue weighted by atomic mass is 19.3. The maximum Gasteiger partial charge on any atom is 0.274 e. The van der Waals surface area contributed by atoms with Gasteiger partial charge in [0.25, 0.3) is 11.8 Å². The minimum Gasteiger partial charge on any atom is -0.386 e. The Kier molecular flexibility index (Phi) is 5.59. The van der Waals surface area contributed by atoms with Gasteiger partial charge in [-0.25, -0.2) is 27.5 Å². The first-order valence-electron chi connectivity index (χ1n) is 11.5. The standard InChI is InChI=1S/C24H25F4N5O2/c1-23(2,35)18-17(11-33-10-16(31-21(33)19(18)26)12-5-7-29-8-6-12)32-22(34)15-4-3-14(25)20(30-15)13-9-24(13,27)28/h3-4,10-13,29,35H,5-9H2,1-2H3,(H,32,34). The van der Waals surface area contributed by atoms with E-state index in [1.54, 1.807) is 6.20 Å². The molecule has 2 aliphatic rings. The van der Waals surface area contributed by atoms with Gasteiger partial charge in [-0.2, -0.15) is 0 Å². The van der Waals surface area contributed by atoms with Gasteiger partial charge in [0, 0.05) is 30.3 Å². The molecular formula is C24H25F4N5O2. The van der Waals surface area contributed by atoms with Crippen molar-refractivity contribution in [2.24, 2.45) is 0 Å². The van der Waals surface area contributed by atoms with Gasteiger partial charge in [0.15, 0.2) is 11.5 Å². The quantitative estimate of drug-likeness (QED) is 0.468. The van der Waals surface area contributed by atoms with Crippen LogP contribution in [0.4, 0.5) is 23.2 Å². The van der Waals surface area contributed by atoms with Gasteiger partial charge in [0.2, 0.25) is 0 Å². The fourth-order valence-corrected chi connectivity index (χ4v) is 4.64. The van der Waals surface area contributed by atoms with Crippen LogP contribution in [0, 0.1) is 11.6 Å². The van der Waals surface area contributed by atoms with Crippen molar-refractivity contribution in [3.8, 4) is 0 Å². The van der Waals surface area contributed by atoms with Gasteiger partial charge >= 0.3 is 0 Å². The van der Waals surface area contributed by atoms with E-state index >= 15 is 4.39 Å².